The first-order valence-corrected chi connectivity index (χ1v) is 6.22. The van der Waals surface area contributed by atoms with Gasteiger partial charge in [0.2, 0.25) is 0 Å². The molecule has 1 N–H and O–H groups in total. The lowest BCUT2D eigenvalue weighted by Gasteiger charge is -2.08. The lowest BCUT2D eigenvalue weighted by molar-refractivity contribution is 0.490. The average molecular weight is 308 g/mol. The van der Waals surface area contributed by atoms with Gasteiger partial charge < -0.3 is 0 Å². The monoisotopic (exact) mass is 308 g/mol. The van der Waals surface area contributed by atoms with E-state index in [-0.39, 0.29) is 16.3 Å². The topological polar surface area (TPSA) is 46.5 Å². The Morgan fingerprint density at radius 1 is 1.14 bits per heavy atom. The van der Waals surface area contributed by atoms with Gasteiger partial charge in [-0.3, -0.25) is 14.6 Å². The number of hydrogen-bond acceptors (Lipinski definition) is 3. The van der Waals surface area contributed by atoms with Crippen molar-refractivity contribution < 1.29 is 13.2 Å². The number of H-pyrrole nitrogens is 1. The first-order chi connectivity index (χ1) is 10.1. The van der Waals surface area contributed by atoms with Crippen LogP contribution in [0.1, 0.15) is 0 Å². The highest BCUT2D eigenvalue weighted by molar-refractivity contribution is 7.71. The number of aromatic amines is 1. The highest BCUT2D eigenvalue weighted by Crippen LogP contribution is 2.24. The molecule has 4 nitrogen and oxygen atoms in total. The van der Waals surface area contributed by atoms with Crippen LogP contribution in [0.4, 0.5) is 13.2 Å². The summed E-state index contributed by atoms with van der Waals surface area (Å²) in [7, 11) is 0. The molecule has 0 aliphatic rings. The average Bonchev–Trinajstić information content (AvgIpc) is 2.85. The number of benzene rings is 1. The molecule has 1 aromatic carbocycles. The van der Waals surface area contributed by atoms with Crippen LogP contribution in [-0.2, 0) is 0 Å². The minimum Gasteiger partial charge on any atom is -0.264 e. The number of aromatic nitrogens is 4. The van der Waals surface area contributed by atoms with Crippen LogP contribution in [-0.4, -0.2) is 19.7 Å². The van der Waals surface area contributed by atoms with Crippen LogP contribution in [0.5, 0.6) is 0 Å². The van der Waals surface area contributed by atoms with Gasteiger partial charge in [-0.1, -0.05) is 6.07 Å². The number of halogens is 3. The van der Waals surface area contributed by atoms with Crippen LogP contribution in [0.15, 0.2) is 36.5 Å². The number of nitrogens with zero attached hydrogens (tertiary/aromatic N) is 3. The predicted molar refractivity (Wildman–Crippen MR) is 71.9 cm³/mol. The van der Waals surface area contributed by atoms with Crippen molar-refractivity contribution in [1.82, 2.24) is 19.7 Å². The van der Waals surface area contributed by atoms with Crippen molar-refractivity contribution in [2.45, 2.75) is 0 Å². The second-order valence-corrected chi connectivity index (χ2v) is 4.51. The van der Waals surface area contributed by atoms with Gasteiger partial charge in [-0.25, -0.2) is 13.2 Å². The summed E-state index contributed by atoms with van der Waals surface area (Å²) >= 11 is 5.01. The molecule has 0 saturated heterocycles. The molecule has 0 aliphatic heterocycles. The molecule has 106 valence electrons. The number of rotatable bonds is 2. The Hall–Kier alpha value is -2.48. The molecule has 0 amide bonds. The molecule has 0 fully saturated rings. The van der Waals surface area contributed by atoms with Crippen LogP contribution < -0.4 is 0 Å². The summed E-state index contributed by atoms with van der Waals surface area (Å²) < 4.78 is 41.8. The van der Waals surface area contributed by atoms with Gasteiger partial charge in [0, 0.05) is 18.3 Å². The number of nitrogens with one attached hydrogen (secondary N) is 1. The normalized spacial score (nSPS) is 10.8. The molecule has 0 bridgehead atoms. The first-order valence-electron chi connectivity index (χ1n) is 5.81. The van der Waals surface area contributed by atoms with Gasteiger partial charge in [-0.05, 0) is 24.4 Å². The Balaban J connectivity index is 2.30. The van der Waals surface area contributed by atoms with Gasteiger partial charge >= 0.3 is 0 Å². The molecule has 0 radical (unpaired) electrons. The van der Waals surface area contributed by atoms with Crippen molar-refractivity contribution in [3.8, 4) is 17.2 Å². The number of hydrogen-bond donors (Lipinski definition) is 1. The standard InChI is InChI=1S/C13H7F3N4S/c14-7-5-8(15)11(16)10(6-7)20-12(18-19-13(20)21)9-3-1-2-4-17-9/h1-6H,(H,19,21). The van der Waals surface area contributed by atoms with E-state index in [0.717, 1.165) is 10.6 Å². The zero-order valence-electron chi connectivity index (χ0n) is 10.3. The zero-order chi connectivity index (χ0) is 15.0. The highest BCUT2D eigenvalue weighted by atomic mass is 32.1. The van der Waals surface area contributed by atoms with E-state index in [2.05, 4.69) is 15.2 Å². The maximum Gasteiger partial charge on any atom is 0.200 e. The number of pyridine rings is 1. The van der Waals surface area contributed by atoms with Crippen molar-refractivity contribution >= 4 is 12.2 Å². The van der Waals surface area contributed by atoms with E-state index in [1.165, 1.54) is 6.20 Å². The Labute approximate surface area is 121 Å². The lowest BCUT2D eigenvalue weighted by atomic mass is 10.2. The van der Waals surface area contributed by atoms with Crippen LogP contribution in [0.3, 0.4) is 0 Å². The second kappa shape index (κ2) is 5.13. The minimum atomic E-state index is -1.31. The summed E-state index contributed by atoms with van der Waals surface area (Å²) in [5, 5.41) is 6.40. The fourth-order valence-electron chi connectivity index (χ4n) is 1.89. The lowest BCUT2D eigenvalue weighted by Crippen LogP contribution is -2.04. The van der Waals surface area contributed by atoms with Crippen molar-refractivity contribution in [3.05, 3.63) is 58.8 Å². The van der Waals surface area contributed by atoms with E-state index in [0.29, 0.717) is 11.8 Å². The zero-order valence-corrected chi connectivity index (χ0v) is 11.2. The fraction of sp³-hybridized carbons (Fsp3) is 0. The Morgan fingerprint density at radius 2 is 1.95 bits per heavy atom. The van der Waals surface area contributed by atoms with E-state index in [4.69, 9.17) is 12.2 Å². The van der Waals surface area contributed by atoms with Crippen LogP contribution in [0.25, 0.3) is 17.2 Å². The van der Waals surface area contributed by atoms with Crippen LogP contribution in [0, 0.1) is 22.2 Å². The maximum atomic E-state index is 13.9. The largest absolute Gasteiger partial charge is 0.264 e. The summed E-state index contributed by atoms with van der Waals surface area (Å²) in [5.41, 5.74) is 0.0147. The summed E-state index contributed by atoms with van der Waals surface area (Å²) in [4.78, 5) is 4.06. The Kier molecular flexibility index (Phi) is 3.30. The quantitative estimate of drug-likeness (QED) is 0.583. The summed E-state index contributed by atoms with van der Waals surface area (Å²) in [5.74, 6) is -3.28. The maximum absolute atomic E-state index is 13.9. The molecule has 3 rings (SSSR count). The predicted octanol–water partition coefficient (Wildman–Crippen LogP) is 3.41. The van der Waals surface area contributed by atoms with Crippen LogP contribution in [0.2, 0.25) is 0 Å². The van der Waals surface area contributed by atoms with E-state index in [9.17, 15) is 13.2 Å². The molecule has 2 aromatic heterocycles. The second-order valence-electron chi connectivity index (χ2n) is 4.12. The molecular formula is C13H7F3N4S. The van der Waals surface area contributed by atoms with E-state index in [1.807, 2.05) is 0 Å². The smallest absolute Gasteiger partial charge is 0.200 e. The van der Waals surface area contributed by atoms with Crippen LogP contribution >= 0.6 is 12.2 Å². The van der Waals surface area contributed by atoms with E-state index >= 15 is 0 Å². The molecule has 0 saturated carbocycles. The van der Waals surface area contributed by atoms with E-state index < -0.39 is 17.5 Å². The molecule has 8 heteroatoms. The third-order valence-corrected chi connectivity index (χ3v) is 3.05. The molecule has 0 spiro atoms. The highest BCUT2D eigenvalue weighted by Gasteiger charge is 2.18. The third-order valence-electron chi connectivity index (χ3n) is 2.78. The van der Waals surface area contributed by atoms with Crippen molar-refractivity contribution in [2.24, 2.45) is 0 Å². The molecule has 0 aliphatic carbocycles. The van der Waals surface area contributed by atoms with Gasteiger partial charge in [0.25, 0.3) is 0 Å². The summed E-state index contributed by atoms with van der Waals surface area (Å²) in [6, 6.07) is 6.32. The van der Waals surface area contributed by atoms with Crippen molar-refractivity contribution in [3.63, 3.8) is 0 Å². The van der Waals surface area contributed by atoms with Crippen molar-refractivity contribution in [1.29, 1.82) is 0 Å². The van der Waals surface area contributed by atoms with Gasteiger partial charge in [-0.15, -0.1) is 0 Å². The third kappa shape index (κ3) is 2.33. The molecular weight excluding hydrogens is 301 g/mol. The van der Waals surface area contributed by atoms with Gasteiger partial charge in [0.1, 0.15) is 11.5 Å². The summed E-state index contributed by atoms with van der Waals surface area (Å²) in [6.45, 7) is 0. The van der Waals surface area contributed by atoms with Gasteiger partial charge in [0.05, 0.1) is 5.69 Å². The fourth-order valence-corrected chi connectivity index (χ4v) is 2.12. The molecule has 0 atom stereocenters. The summed E-state index contributed by atoms with van der Waals surface area (Å²) in [6.07, 6.45) is 1.51. The van der Waals surface area contributed by atoms with Crippen molar-refractivity contribution in [2.75, 3.05) is 0 Å². The van der Waals surface area contributed by atoms with E-state index in [1.54, 1.807) is 18.2 Å². The van der Waals surface area contributed by atoms with Gasteiger partial charge in [-0.2, -0.15) is 5.10 Å². The molecule has 21 heavy (non-hydrogen) atoms. The molecule has 2 heterocycles. The first kappa shape index (κ1) is 13.5. The molecule has 0 unspecified atom stereocenters. The SMILES string of the molecule is Fc1cc(F)c(F)c(-n2c(-c3ccccn3)n[nH]c2=S)c1. The molecule has 3 aromatic rings. The Bertz CT molecular complexity index is 858. The minimum absolute atomic E-state index is 0.000414. The Morgan fingerprint density at radius 3 is 2.67 bits per heavy atom. The van der Waals surface area contributed by atoms with Gasteiger partial charge in [0.15, 0.2) is 22.2 Å².